The van der Waals surface area contributed by atoms with Crippen molar-refractivity contribution in [2.45, 2.75) is 45.2 Å². The number of carboxylic acid groups (broad SMARTS) is 1. The Morgan fingerprint density at radius 3 is 2.57 bits per heavy atom. The molecule has 1 saturated heterocycles. The molecule has 4 nitrogen and oxygen atoms in total. The van der Waals surface area contributed by atoms with Crippen molar-refractivity contribution in [2.75, 3.05) is 5.75 Å². The van der Waals surface area contributed by atoms with Gasteiger partial charge in [-0.15, -0.1) is 4.31 Å². The Morgan fingerprint density at radius 1 is 1.57 bits per heavy atom. The number of unbranched alkanes of at least 4 members (excludes halogenated alkanes) is 1. The fraction of sp³-hybridized carbons (Fsp3) is 0.889. The molecular formula is C9H17NO3S. The van der Waals surface area contributed by atoms with Crippen molar-refractivity contribution >= 4 is 17.3 Å². The van der Waals surface area contributed by atoms with Crippen molar-refractivity contribution in [1.82, 2.24) is 4.31 Å². The summed E-state index contributed by atoms with van der Waals surface area (Å²) in [4.78, 5) is 10.7. The van der Waals surface area contributed by atoms with Crippen LogP contribution in [0.25, 0.3) is 0 Å². The minimum atomic E-state index is -1.09. The summed E-state index contributed by atoms with van der Waals surface area (Å²) in [5.41, 5.74) is 0. The highest BCUT2D eigenvalue weighted by molar-refractivity contribution is 7.89. The first-order chi connectivity index (χ1) is 6.63. The Kier molecular flexibility index (Phi) is 4.22. The molecule has 0 aliphatic carbocycles. The Hall–Kier alpha value is -0.260. The predicted molar refractivity (Wildman–Crippen MR) is 55.3 cm³/mol. The van der Waals surface area contributed by atoms with E-state index in [4.69, 9.17) is 5.11 Å². The number of carbonyl (C=O) groups is 1. The van der Waals surface area contributed by atoms with Gasteiger partial charge in [0.25, 0.3) is 0 Å². The zero-order valence-corrected chi connectivity index (χ0v) is 9.42. The van der Waals surface area contributed by atoms with Crippen LogP contribution in [0.4, 0.5) is 0 Å². The summed E-state index contributed by atoms with van der Waals surface area (Å²) in [7, 11) is 0. The molecule has 1 N–H and O–H groups in total. The van der Waals surface area contributed by atoms with Gasteiger partial charge in [-0.05, 0) is 12.8 Å². The van der Waals surface area contributed by atoms with Crippen LogP contribution >= 0.6 is 0 Å². The summed E-state index contributed by atoms with van der Waals surface area (Å²) >= 11 is -1.09. The highest BCUT2D eigenvalue weighted by atomic mass is 32.2. The smallest absolute Gasteiger partial charge is 0.327 e. The molecule has 82 valence electrons. The third-order valence-electron chi connectivity index (χ3n) is 2.45. The van der Waals surface area contributed by atoms with E-state index in [2.05, 4.69) is 0 Å². The van der Waals surface area contributed by atoms with E-state index < -0.39 is 23.4 Å². The molecule has 5 heteroatoms. The minimum Gasteiger partial charge on any atom is -0.598 e. The van der Waals surface area contributed by atoms with Gasteiger partial charge < -0.3 is 9.66 Å². The maximum atomic E-state index is 11.6. The topological polar surface area (TPSA) is 63.4 Å². The maximum absolute atomic E-state index is 11.6. The van der Waals surface area contributed by atoms with Gasteiger partial charge >= 0.3 is 5.97 Å². The summed E-state index contributed by atoms with van der Waals surface area (Å²) < 4.78 is 13.2. The molecule has 1 aliphatic rings. The third kappa shape index (κ3) is 2.40. The van der Waals surface area contributed by atoms with Gasteiger partial charge in [0.15, 0.2) is 6.04 Å². The average molecular weight is 219 g/mol. The predicted octanol–water partition coefficient (Wildman–Crippen LogP) is 0.998. The number of carboxylic acids is 1. The van der Waals surface area contributed by atoms with E-state index in [1.54, 1.807) is 4.31 Å². The quantitative estimate of drug-likeness (QED) is 0.534. The van der Waals surface area contributed by atoms with Crippen LogP contribution in [-0.2, 0) is 16.2 Å². The summed E-state index contributed by atoms with van der Waals surface area (Å²) in [6.07, 6.45) is 2.65. The molecule has 1 aliphatic heterocycles. The maximum Gasteiger partial charge on any atom is 0.327 e. The van der Waals surface area contributed by atoms with Gasteiger partial charge in [0.05, 0.1) is 6.04 Å². The minimum absolute atomic E-state index is 0.00908. The van der Waals surface area contributed by atoms with E-state index in [0.717, 1.165) is 19.3 Å². The van der Waals surface area contributed by atoms with E-state index in [1.165, 1.54) is 0 Å². The number of hydrogen-bond acceptors (Lipinski definition) is 3. The molecule has 0 aromatic heterocycles. The molecule has 1 rings (SSSR count). The highest BCUT2D eigenvalue weighted by Gasteiger charge is 2.59. The second-order valence-electron chi connectivity index (χ2n) is 3.50. The molecule has 14 heavy (non-hydrogen) atoms. The van der Waals surface area contributed by atoms with Gasteiger partial charge in [-0.1, -0.05) is 20.3 Å². The lowest BCUT2D eigenvalue weighted by atomic mass is 10.3. The van der Waals surface area contributed by atoms with Crippen molar-refractivity contribution in [1.29, 1.82) is 0 Å². The summed E-state index contributed by atoms with van der Waals surface area (Å²) in [6.45, 7) is 3.96. The molecule has 4 atom stereocenters. The SMILES string of the molecule is CCCC[S+]([O-])N1C(CC)C1C(=O)O. The molecule has 0 radical (unpaired) electrons. The van der Waals surface area contributed by atoms with E-state index in [9.17, 15) is 9.35 Å². The van der Waals surface area contributed by atoms with Crippen LogP contribution in [0, 0.1) is 0 Å². The number of nitrogens with zero attached hydrogens (tertiary/aromatic N) is 1. The van der Waals surface area contributed by atoms with E-state index in [-0.39, 0.29) is 6.04 Å². The summed E-state index contributed by atoms with van der Waals surface area (Å²) in [6, 6.07) is -0.511. The van der Waals surface area contributed by atoms with E-state index in [1.807, 2.05) is 13.8 Å². The van der Waals surface area contributed by atoms with Gasteiger partial charge in [0.1, 0.15) is 5.75 Å². The number of hydrogen-bond donors (Lipinski definition) is 1. The molecule has 0 aromatic rings. The molecule has 0 spiro atoms. The van der Waals surface area contributed by atoms with Gasteiger partial charge in [-0.3, -0.25) is 4.79 Å². The van der Waals surface area contributed by atoms with Crippen molar-refractivity contribution in [3.8, 4) is 0 Å². The fourth-order valence-electron chi connectivity index (χ4n) is 1.58. The lowest BCUT2D eigenvalue weighted by Gasteiger charge is -2.10. The zero-order valence-electron chi connectivity index (χ0n) is 8.60. The van der Waals surface area contributed by atoms with Crippen molar-refractivity contribution in [3.05, 3.63) is 0 Å². The number of rotatable bonds is 6. The van der Waals surface area contributed by atoms with Gasteiger partial charge in [0, 0.05) is 11.4 Å². The Morgan fingerprint density at radius 2 is 2.21 bits per heavy atom. The fourth-order valence-corrected chi connectivity index (χ4v) is 3.33. The zero-order chi connectivity index (χ0) is 10.7. The van der Waals surface area contributed by atoms with Crippen LogP contribution in [0.15, 0.2) is 0 Å². The molecular weight excluding hydrogens is 202 g/mol. The first kappa shape index (κ1) is 11.8. The van der Waals surface area contributed by atoms with Crippen LogP contribution in [0.2, 0.25) is 0 Å². The van der Waals surface area contributed by atoms with Crippen molar-refractivity contribution in [3.63, 3.8) is 0 Å². The Balaban J connectivity index is 2.41. The molecule has 0 amide bonds. The third-order valence-corrected chi connectivity index (χ3v) is 4.06. The van der Waals surface area contributed by atoms with Gasteiger partial charge in [-0.25, -0.2) is 0 Å². The second kappa shape index (κ2) is 5.00. The lowest BCUT2D eigenvalue weighted by Crippen LogP contribution is -2.21. The highest BCUT2D eigenvalue weighted by Crippen LogP contribution is 2.35. The van der Waals surface area contributed by atoms with Crippen molar-refractivity contribution < 1.29 is 14.5 Å². The average Bonchev–Trinajstić information content (AvgIpc) is 2.88. The largest absolute Gasteiger partial charge is 0.598 e. The Bertz CT molecular complexity index is 212. The van der Waals surface area contributed by atoms with Crippen LogP contribution in [0.1, 0.15) is 33.1 Å². The van der Waals surface area contributed by atoms with Crippen LogP contribution < -0.4 is 0 Å². The Labute approximate surface area is 87.6 Å². The molecule has 1 heterocycles. The van der Waals surface area contributed by atoms with E-state index in [0.29, 0.717) is 5.75 Å². The molecule has 1 fully saturated rings. The molecule has 0 bridgehead atoms. The van der Waals surface area contributed by atoms with E-state index >= 15 is 0 Å². The summed E-state index contributed by atoms with van der Waals surface area (Å²) in [5.74, 6) is -0.252. The van der Waals surface area contributed by atoms with Crippen LogP contribution in [-0.4, -0.2) is 37.8 Å². The second-order valence-corrected chi connectivity index (χ2v) is 4.97. The lowest BCUT2D eigenvalue weighted by molar-refractivity contribution is -0.137. The van der Waals surface area contributed by atoms with Crippen LogP contribution in [0.5, 0.6) is 0 Å². The first-order valence-corrected chi connectivity index (χ1v) is 6.30. The molecule has 0 saturated carbocycles. The van der Waals surface area contributed by atoms with Gasteiger partial charge in [0.2, 0.25) is 0 Å². The van der Waals surface area contributed by atoms with Gasteiger partial charge in [-0.2, -0.15) is 0 Å². The van der Waals surface area contributed by atoms with Crippen molar-refractivity contribution in [2.24, 2.45) is 0 Å². The standard InChI is InChI=1S/C9H17NO3S/c1-3-5-6-14(13)10-7(4-2)8(10)9(11)12/h7-8H,3-6H2,1-2H3,(H,11,12). The molecule has 0 aromatic carbocycles. The summed E-state index contributed by atoms with van der Waals surface area (Å²) in [5, 5.41) is 8.82. The monoisotopic (exact) mass is 219 g/mol. The normalized spacial score (nSPS) is 32.6. The molecule has 4 unspecified atom stereocenters. The number of aliphatic carboxylic acids is 1. The van der Waals surface area contributed by atoms with Crippen LogP contribution in [0.3, 0.4) is 0 Å². The first-order valence-electron chi connectivity index (χ1n) is 5.03.